The molecule has 2 aromatic rings. The molecule has 2 aromatic heterocycles. The van der Waals surface area contributed by atoms with Gasteiger partial charge in [-0.3, -0.25) is 14.4 Å². The Morgan fingerprint density at radius 1 is 1.00 bits per heavy atom. The number of aromatic nitrogens is 4. The maximum Gasteiger partial charge on any atom is 0.267 e. The van der Waals surface area contributed by atoms with E-state index in [1.54, 1.807) is 4.68 Å². The third-order valence-electron chi connectivity index (χ3n) is 6.87. The molecular formula is C22H31N5O. The Hall–Kier alpha value is -1.95. The smallest absolute Gasteiger partial charge is 0.267 e. The lowest BCUT2D eigenvalue weighted by Gasteiger charge is -2.32. The van der Waals surface area contributed by atoms with Gasteiger partial charge in [0.1, 0.15) is 0 Å². The summed E-state index contributed by atoms with van der Waals surface area (Å²) in [6.07, 6.45) is 12.6. The van der Waals surface area contributed by atoms with Crippen molar-refractivity contribution in [2.45, 2.75) is 77.4 Å². The fraction of sp³-hybridized carbons (Fsp3) is 0.682. The highest BCUT2D eigenvalue weighted by molar-refractivity contribution is 5.20. The van der Waals surface area contributed by atoms with Crippen LogP contribution in [0.4, 0.5) is 0 Å². The van der Waals surface area contributed by atoms with Gasteiger partial charge in [-0.05, 0) is 82.4 Å². The highest BCUT2D eigenvalue weighted by Crippen LogP contribution is 2.24. The molecule has 0 unspecified atom stereocenters. The first kappa shape index (κ1) is 18.1. The number of piperidine rings is 1. The molecule has 0 spiro atoms. The number of nitrogens with zero attached hydrogens (tertiary/aromatic N) is 5. The highest BCUT2D eigenvalue weighted by Gasteiger charge is 2.23. The largest absolute Gasteiger partial charge is 0.299 e. The van der Waals surface area contributed by atoms with E-state index in [2.05, 4.69) is 20.9 Å². The molecule has 2 aliphatic heterocycles. The molecule has 6 heteroatoms. The lowest BCUT2D eigenvalue weighted by Crippen LogP contribution is -2.37. The molecule has 6 nitrogen and oxygen atoms in total. The van der Waals surface area contributed by atoms with Crippen LogP contribution in [0.1, 0.15) is 61.0 Å². The minimum absolute atomic E-state index is 0.0922. The number of fused-ring (bicyclic) bond motifs is 2. The van der Waals surface area contributed by atoms with Crippen molar-refractivity contribution < 1.29 is 0 Å². The maximum absolute atomic E-state index is 12.5. The van der Waals surface area contributed by atoms with Crippen LogP contribution in [0, 0.1) is 5.92 Å². The molecule has 0 N–H and O–H groups in total. The quantitative estimate of drug-likeness (QED) is 0.817. The second-order valence-electron chi connectivity index (χ2n) is 8.86. The molecule has 5 rings (SSSR count). The van der Waals surface area contributed by atoms with E-state index in [1.165, 1.54) is 48.9 Å². The van der Waals surface area contributed by atoms with Gasteiger partial charge in [0.25, 0.3) is 5.56 Å². The number of hydrogen-bond acceptors (Lipinski definition) is 4. The van der Waals surface area contributed by atoms with Crippen LogP contribution in [0.15, 0.2) is 17.1 Å². The molecule has 1 aliphatic carbocycles. The van der Waals surface area contributed by atoms with Crippen molar-refractivity contribution in [2.24, 2.45) is 5.92 Å². The monoisotopic (exact) mass is 381 g/mol. The van der Waals surface area contributed by atoms with E-state index in [9.17, 15) is 4.79 Å². The predicted octanol–water partition coefficient (Wildman–Crippen LogP) is 2.57. The molecule has 0 saturated carbocycles. The van der Waals surface area contributed by atoms with Gasteiger partial charge in [-0.15, -0.1) is 0 Å². The highest BCUT2D eigenvalue weighted by atomic mass is 16.1. The molecule has 1 saturated heterocycles. The van der Waals surface area contributed by atoms with Crippen molar-refractivity contribution >= 4 is 0 Å². The van der Waals surface area contributed by atoms with Crippen LogP contribution >= 0.6 is 0 Å². The third-order valence-corrected chi connectivity index (χ3v) is 6.87. The van der Waals surface area contributed by atoms with E-state index in [0.29, 0.717) is 5.92 Å². The van der Waals surface area contributed by atoms with Crippen LogP contribution in [0.2, 0.25) is 0 Å². The number of likely N-dealkylation sites (tertiary alicyclic amines) is 1. The van der Waals surface area contributed by atoms with Crippen molar-refractivity contribution in [1.29, 1.82) is 0 Å². The molecule has 0 atom stereocenters. The SMILES string of the molecule is O=c1cc2c(nn1CC1CCN(Cc3cnn4c3CCCC4)CC1)CCCC2. The van der Waals surface area contributed by atoms with Crippen LogP contribution in [-0.2, 0) is 38.9 Å². The van der Waals surface area contributed by atoms with E-state index >= 15 is 0 Å². The van der Waals surface area contributed by atoms with Crippen molar-refractivity contribution in [3.05, 3.63) is 45.1 Å². The Morgan fingerprint density at radius 3 is 2.71 bits per heavy atom. The summed E-state index contributed by atoms with van der Waals surface area (Å²) in [7, 11) is 0. The van der Waals surface area contributed by atoms with Gasteiger partial charge in [0, 0.05) is 37.0 Å². The van der Waals surface area contributed by atoms with E-state index < -0.39 is 0 Å². The van der Waals surface area contributed by atoms with Gasteiger partial charge in [-0.1, -0.05) is 0 Å². The van der Waals surface area contributed by atoms with E-state index in [-0.39, 0.29) is 5.56 Å². The Labute approximate surface area is 166 Å². The standard InChI is InChI=1S/C22H31N5O/c28-22-13-18-5-1-2-6-20(18)24-27(22)15-17-8-11-25(12-9-17)16-19-14-23-26-10-4-3-7-21(19)26/h13-14,17H,1-12,15-16H2. The summed E-state index contributed by atoms with van der Waals surface area (Å²) < 4.78 is 3.96. The second-order valence-corrected chi connectivity index (χ2v) is 8.86. The molecule has 0 amide bonds. The van der Waals surface area contributed by atoms with Crippen LogP contribution in [0.5, 0.6) is 0 Å². The molecule has 0 aromatic carbocycles. The fourth-order valence-corrected chi connectivity index (χ4v) is 5.16. The van der Waals surface area contributed by atoms with Crippen LogP contribution in [-0.4, -0.2) is 37.6 Å². The summed E-state index contributed by atoms with van der Waals surface area (Å²) in [4.78, 5) is 15.0. The molecule has 4 heterocycles. The second kappa shape index (κ2) is 7.82. The van der Waals surface area contributed by atoms with E-state index in [0.717, 1.165) is 64.1 Å². The average Bonchev–Trinajstić information content (AvgIpc) is 3.13. The van der Waals surface area contributed by atoms with Crippen molar-refractivity contribution in [1.82, 2.24) is 24.5 Å². The zero-order valence-electron chi connectivity index (χ0n) is 16.8. The molecule has 150 valence electrons. The van der Waals surface area contributed by atoms with Gasteiger partial charge in [-0.2, -0.15) is 10.2 Å². The normalized spacial score (nSPS) is 20.7. The maximum atomic E-state index is 12.5. The van der Waals surface area contributed by atoms with Gasteiger partial charge >= 0.3 is 0 Å². The summed E-state index contributed by atoms with van der Waals surface area (Å²) in [5, 5.41) is 9.30. The van der Waals surface area contributed by atoms with E-state index in [1.807, 2.05) is 6.07 Å². The first-order chi connectivity index (χ1) is 13.8. The van der Waals surface area contributed by atoms with Crippen molar-refractivity contribution in [3.8, 4) is 0 Å². The molecule has 3 aliphatic rings. The van der Waals surface area contributed by atoms with Crippen molar-refractivity contribution in [2.75, 3.05) is 13.1 Å². The van der Waals surface area contributed by atoms with Crippen LogP contribution in [0.25, 0.3) is 0 Å². The number of hydrogen-bond donors (Lipinski definition) is 0. The molecule has 0 bridgehead atoms. The zero-order valence-corrected chi connectivity index (χ0v) is 16.8. The topological polar surface area (TPSA) is 56.0 Å². The molecule has 28 heavy (non-hydrogen) atoms. The first-order valence-corrected chi connectivity index (χ1v) is 11.1. The third kappa shape index (κ3) is 3.66. The minimum Gasteiger partial charge on any atom is -0.299 e. The number of rotatable bonds is 4. The fourth-order valence-electron chi connectivity index (χ4n) is 5.16. The Balaban J connectivity index is 1.19. The van der Waals surface area contributed by atoms with Gasteiger partial charge in [0.2, 0.25) is 0 Å². The number of aryl methyl sites for hydroxylation is 3. The van der Waals surface area contributed by atoms with E-state index in [4.69, 9.17) is 5.10 Å². The van der Waals surface area contributed by atoms with Crippen molar-refractivity contribution in [3.63, 3.8) is 0 Å². The first-order valence-electron chi connectivity index (χ1n) is 11.1. The van der Waals surface area contributed by atoms with Gasteiger partial charge in [-0.25, -0.2) is 4.68 Å². The van der Waals surface area contributed by atoms with Gasteiger partial charge in [0.15, 0.2) is 0 Å². The summed E-state index contributed by atoms with van der Waals surface area (Å²) >= 11 is 0. The average molecular weight is 382 g/mol. The molecule has 1 fully saturated rings. The Morgan fingerprint density at radius 2 is 1.82 bits per heavy atom. The van der Waals surface area contributed by atoms with Gasteiger partial charge < -0.3 is 0 Å². The Bertz CT molecular complexity index is 891. The Kier molecular flexibility index (Phi) is 5.05. The lowest BCUT2D eigenvalue weighted by molar-refractivity contribution is 0.162. The molecular weight excluding hydrogens is 350 g/mol. The van der Waals surface area contributed by atoms with Crippen LogP contribution < -0.4 is 5.56 Å². The summed E-state index contributed by atoms with van der Waals surface area (Å²) in [5.41, 5.74) is 5.32. The van der Waals surface area contributed by atoms with Gasteiger partial charge in [0.05, 0.1) is 11.9 Å². The lowest BCUT2D eigenvalue weighted by atomic mass is 9.95. The summed E-state index contributed by atoms with van der Waals surface area (Å²) in [6.45, 7) is 5.10. The zero-order chi connectivity index (χ0) is 18.9. The summed E-state index contributed by atoms with van der Waals surface area (Å²) in [5.74, 6) is 0.559. The molecule has 0 radical (unpaired) electrons. The predicted molar refractivity (Wildman–Crippen MR) is 108 cm³/mol. The van der Waals surface area contributed by atoms with Crippen LogP contribution in [0.3, 0.4) is 0 Å². The minimum atomic E-state index is 0.0922. The summed E-state index contributed by atoms with van der Waals surface area (Å²) in [6, 6.07) is 1.85.